The number of halogens is 4. The molecule has 9 heteroatoms. The van der Waals surface area contributed by atoms with E-state index >= 15 is 0 Å². The Bertz CT molecular complexity index is 792. The summed E-state index contributed by atoms with van der Waals surface area (Å²) >= 11 is 0. The molecule has 2 rings (SSSR count). The van der Waals surface area contributed by atoms with Gasteiger partial charge in [0, 0.05) is 5.56 Å². The maximum Gasteiger partial charge on any atom is 0.419 e. The molecule has 0 fully saturated rings. The minimum absolute atomic E-state index is 0.290. The number of alkyl halides is 3. The van der Waals surface area contributed by atoms with Gasteiger partial charge in [-0.2, -0.15) is 23.4 Å². The topological polar surface area (TPSA) is 102 Å². The molecule has 1 aromatic heterocycles. The number of aryl methyl sites for hydroxylation is 1. The highest BCUT2D eigenvalue weighted by atomic mass is 19.4. The summed E-state index contributed by atoms with van der Waals surface area (Å²) in [4.78, 5) is 7.17. The lowest BCUT2D eigenvalue weighted by molar-refractivity contribution is -0.140. The number of nitrogens with zero attached hydrogens (tertiary/aromatic N) is 3. The summed E-state index contributed by atoms with van der Waals surface area (Å²) in [6.07, 6.45) is -4.89. The van der Waals surface area contributed by atoms with Crippen molar-refractivity contribution in [3.8, 4) is 17.3 Å². The lowest BCUT2D eigenvalue weighted by Crippen LogP contribution is -2.13. The summed E-state index contributed by atoms with van der Waals surface area (Å²) in [7, 11) is 0. The molecule has 0 saturated heterocycles. The van der Waals surface area contributed by atoms with Crippen LogP contribution in [0.25, 0.3) is 11.3 Å². The highest BCUT2D eigenvalue weighted by Gasteiger charge is 2.37. The van der Waals surface area contributed by atoms with Gasteiger partial charge in [-0.1, -0.05) is 6.07 Å². The van der Waals surface area contributed by atoms with E-state index in [1.807, 2.05) is 0 Å². The number of hydrogen-bond donors (Lipinski definition) is 2. The van der Waals surface area contributed by atoms with Gasteiger partial charge < -0.3 is 11.5 Å². The Balaban J connectivity index is 2.84. The molecule has 0 spiro atoms. The van der Waals surface area contributed by atoms with Gasteiger partial charge in [-0.3, -0.25) is 0 Å². The van der Waals surface area contributed by atoms with E-state index in [1.54, 1.807) is 6.07 Å². The number of benzene rings is 1. The van der Waals surface area contributed by atoms with Crippen LogP contribution >= 0.6 is 0 Å². The van der Waals surface area contributed by atoms with E-state index in [0.29, 0.717) is 0 Å². The summed E-state index contributed by atoms with van der Waals surface area (Å²) in [5, 5.41) is 9.03. The van der Waals surface area contributed by atoms with Crippen molar-refractivity contribution in [3.63, 3.8) is 0 Å². The molecule has 0 unspecified atom stereocenters. The predicted octanol–water partition coefficient (Wildman–Crippen LogP) is 2.65. The second-order valence-electron chi connectivity index (χ2n) is 4.42. The molecule has 0 saturated carbocycles. The van der Waals surface area contributed by atoms with Crippen molar-refractivity contribution in [1.82, 2.24) is 9.97 Å². The number of anilines is 2. The molecule has 1 aromatic carbocycles. The van der Waals surface area contributed by atoms with Crippen molar-refractivity contribution in [2.45, 2.75) is 13.1 Å². The summed E-state index contributed by atoms with van der Waals surface area (Å²) in [5.41, 5.74) is 7.89. The van der Waals surface area contributed by atoms with Gasteiger partial charge in [0.25, 0.3) is 0 Å². The number of rotatable bonds is 1. The monoisotopic (exact) mass is 311 g/mol. The normalized spacial score (nSPS) is 11.3. The van der Waals surface area contributed by atoms with E-state index in [9.17, 15) is 17.6 Å². The number of nitrogen functional groups attached to an aromatic ring is 2. The molecule has 0 amide bonds. The molecule has 0 aliphatic carbocycles. The summed E-state index contributed by atoms with van der Waals surface area (Å²) in [6.45, 7) is 1.13. The van der Waals surface area contributed by atoms with E-state index in [4.69, 9.17) is 16.7 Å². The molecule has 22 heavy (non-hydrogen) atoms. The molecule has 114 valence electrons. The number of nitrogens with two attached hydrogens (primary N) is 2. The van der Waals surface area contributed by atoms with E-state index < -0.39 is 23.1 Å². The molecule has 5 nitrogen and oxygen atoms in total. The largest absolute Gasteiger partial charge is 0.419 e. The lowest BCUT2D eigenvalue weighted by atomic mass is 9.99. The first kappa shape index (κ1) is 15.5. The fourth-order valence-electron chi connectivity index (χ4n) is 2.00. The zero-order valence-corrected chi connectivity index (χ0v) is 11.2. The van der Waals surface area contributed by atoms with Crippen LogP contribution in [0.5, 0.6) is 0 Å². The van der Waals surface area contributed by atoms with Crippen LogP contribution in [0, 0.1) is 24.1 Å². The predicted molar refractivity (Wildman–Crippen MR) is 70.7 cm³/mol. The Morgan fingerprint density at radius 3 is 2.36 bits per heavy atom. The maximum atomic E-state index is 14.3. The quantitative estimate of drug-likeness (QED) is 0.788. The van der Waals surface area contributed by atoms with Crippen molar-refractivity contribution >= 4 is 11.8 Å². The first-order valence-corrected chi connectivity index (χ1v) is 5.86. The summed E-state index contributed by atoms with van der Waals surface area (Å²) in [6, 6.07) is 3.80. The minimum atomic E-state index is -4.89. The number of aromatic nitrogens is 2. The zero-order valence-electron chi connectivity index (χ0n) is 11.2. The van der Waals surface area contributed by atoms with E-state index in [2.05, 4.69) is 9.97 Å². The minimum Gasteiger partial charge on any atom is -0.382 e. The van der Waals surface area contributed by atoms with Crippen LogP contribution in [0.15, 0.2) is 12.1 Å². The third-order valence-corrected chi connectivity index (χ3v) is 2.95. The third kappa shape index (κ3) is 2.50. The van der Waals surface area contributed by atoms with Gasteiger partial charge in [-0.05, 0) is 18.6 Å². The maximum absolute atomic E-state index is 14.3. The number of hydrogen-bond acceptors (Lipinski definition) is 5. The van der Waals surface area contributed by atoms with Crippen molar-refractivity contribution < 1.29 is 17.6 Å². The fraction of sp³-hybridized carbons (Fsp3) is 0.154. The molecule has 1 heterocycles. The number of nitriles is 1. The first-order valence-electron chi connectivity index (χ1n) is 5.86. The SMILES string of the molecule is Cc1ccc(-c2nc(N)nc(N)c2C#N)c(F)c1C(F)(F)F. The standard InChI is InChI=1S/C13H9F4N5/c1-5-2-3-6(9(14)8(5)13(15,16)17)10-7(4-18)11(19)22-12(20)21-10/h2-3H,1H3,(H4,19,20,21,22). The average molecular weight is 311 g/mol. The van der Waals surface area contributed by atoms with Crippen LogP contribution < -0.4 is 11.5 Å². The van der Waals surface area contributed by atoms with Gasteiger partial charge in [0.1, 0.15) is 23.3 Å². The van der Waals surface area contributed by atoms with Crippen molar-refractivity contribution in [2.24, 2.45) is 0 Å². The molecule has 0 aliphatic heterocycles. The second-order valence-corrected chi connectivity index (χ2v) is 4.42. The third-order valence-electron chi connectivity index (χ3n) is 2.95. The molecular formula is C13H9F4N5. The molecule has 0 radical (unpaired) electrons. The van der Waals surface area contributed by atoms with Crippen LogP contribution in [0.1, 0.15) is 16.7 Å². The fourth-order valence-corrected chi connectivity index (χ4v) is 2.00. The van der Waals surface area contributed by atoms with Crippen LogP contribution in [0.2, 0.25) is 0 Å². The molecule has 0 aliphatic rings. The molecular weight excluding hydrogens is 302 g/mol. The molecule has 4 N–H and O–H groups in total. The Labute approximate surface area is 122 Å². The van der Waals surface area contributed by atoms with Gasteiger partial charge in [0.05, 0.1) is 11.3 Å². The molecule has 0 bridgehead atoms. The highest BCUT2D eigenvalue weighted by Crippen LogP contribution is 2.38. The van der Waals surface area contributed by atoms with Crippen LogP contribution in [0.4, 0.5) is 29.3 Å². The van der Waals surface area contributed by atoms with Gasteiger partial charge in [0.15, 0.2) is 0 Å². The Morgan fingerprint density at radius 2 is 1.82 bits per heavy atom. The van der Waals surface area contributed by atoms with Crippen LogP contribution in [-0.4, -0.2) is 9.97 Å². The van der Waals surface area contributed by atoms with E-state index in [-0.39, 0.29) is 28.6 Å². The Morgan fingerprint density at radius 1 is 1.18 bits per heavy atom. The van der Waals surface area contributed by atoms with Crippen LogP contribution in [0.3, 0.4) is 0 Å². The van der Waals surface area contributed by atoms with E-state index in [0.717, 1.165) is 19.1 Å². The lowest BCUT2D eigenvalue weighted by Gasteiger charge is -2.15. The summed E-state index contributed by atoms with van der Waals surface area (Å²) < 4.78 is 53.2. The van der Waals surface area contributed by atoms with Crippen molar-refractivity contribution in [3.05, 3.63) is 34.6 Å². The second kappa shape index (κ2) is 5.14. The summed E-state index contributed by atoms with van der Waals surface area (Å²) in [5.74, 6) is -2.25. The van der Waals surface area contributed by atoms with Crippen molar-refractivity contribution in [2.75, 3.05) is 11.5 Å². The van der Waals surface area contributed by atoms with Gasteiger partial charge in [-0.15, -0.1) is 0 Å². The van der Waals surface area contributed by atoms with Crippen molar-refractivity contribution in [1.29, 1.82) is 5.26 Å². The van der Waals surface area contributed by atoms with E-state index in [1.165, 1.54) is 0 Å². The zero-order chi connectivity index (χ0) is 16.7. The average Bonchev–Trinajstić information content (AvgIpc) is 2.36. The molecule has 0 atom stereocenters. The smallest absolute Gasteiger partial charge is 0.382 e. The first-order chi connectivity index (χ1) is 10.2. The molecule has 2 aromatic rings. The van der Waals surface area contributed by atoms with Gasteiger partial charge >= 0.3 is 6.18 Å². The van der Waals surface area contributed by atoms with Gasteiger partial charge in [0.2, 0.25) is 5.95 Å². The Kier molecular flexibility index (Phi) is 3.62. The Hall–Kier alpha value is -2.89. The highest BCUT2D eigenvalue weighted by molar-refractivity contribution is 5.74. The van der Waals surface area contributed by atoms with Crippen LogP contribution in [-0.2, 0) is 6.18 Å². The van der Waals surface area contributed by atoms with Gasteiger partial charge in [-0.25, -0.2) is 9.37 Å².